The summed E-state index contributed by atoms with van der Waals surface area (Å²) < 4.78 is 0. The van der Waals surface area contributed by atoms with Crippen molar-refractivity contribution in [2.24, 2.45) is 29.1 Å². The molecule has 1 heterocycles. The van der Waals surface area contributed by atoms with Gasteiger partial charge in [-0.2, -0.15) is 0 Å². The SMILES string of the molecule is C=C1[C@@H](C)[C@H]2[C@H](Cc3ccccc3)NC(=O)[C@]23[C@H](O)/C=C\[C@](C)(O)C[C@@H](C)C/C=C/[C@H]3[C@@H]1O. The molecule has 0 aromatic heterocycles. The van der Waals surface area contributed by atoms with Gasteiger partial charge in [-0.15, -0.1) is 0 Å². The molecule has 2 fully saturated rings. The molecule has 1 saturated carbocycles. The highest BCUT2D eigenvalue weighted by molar-refractivity contribution is 5.88. The van der Waals surface area contributed by atoms with Crippen molar-refractivity contribution < 1.29 is 20.1 Å². The highest BCUT2D eigenvalue weighted by Crippen LogP contribution is 2.57. The number of rotatable bonds is 2. The van der Waals surface area contributed by atoms with Gasteiger partial charge in [0.15, 0.2) is 0 Å². The van der Waals surface area contributed by atoms with Crippen LogP contribution in [0.5, 0.6) is 0 Å². The lowest BCUT2D eigenvalue weighted by molar-refractivity contribution is -0.147. The average molecular weight is 452 g/mol. The molecule has 1 spiro atoms. The summed E-state index contributed by atoms with van der Waals surface area (Å²) in [6.45, 7) is 10.00. The number of carbonyl (C=O) groups excluding carboxylic acids is 1. The molecule has 33 heavy (non-hydrogen) atoms. The lowest BCUT2D eigenvalue weighted by Crippen LogP contribution is -2.59. The van der Waals surface area contributed by atoms with Gasteiger partial charge < -0.3 is 20.6 Å². The Labute approximate surface area is 196 Å². The number of amides is 1. The Morgan fingerprint density at radius 3 is 2.55 bits per heavy atom. The van der Waals surface area contributed by atoms with Gasteiger partial charge in [0.25, 0.3) is 0 Å². The summed E-state index contributed by atoms with van der Waals surface area (Å²) in [6, 6.07) is 9.80. The highest BCUT2D eigenvalue weighted by Gasteiger charge is 2.67. The van der Waals surface area contributed by atoms with E-state index in [9.17, 15) is 20.1 Å². The van der Waals surface area contributed by atoms with Crippen LogP contribution in [-0.2, 0) is 11.2 Å². The first kappa shape index (κ1) is 23.9. The van der Waals surface area contributed by atoms with Crippen molar-refractivity contribution in [3.8, 4) is 0 Å². The normalized spacial score (nSPS) is 45.3. The number of aliphatic hydroxyl groups is 3. The third kappa shape index (κ3) is 4.11. The van der Waals surface area contributed by atoms with Crippen LogP contribution in [0, 0.1) is 29.1 Å². The van der Waals surface area contributed by atoms with E-state index in [-0.39, 0.29) is 29.7 Å². The summed E-state index contributed by atoms with van der Waals surface area (Å²) >= 11 is 0. The first-order valence-corrected chi connectivity index (χ1v) is 12.1. The van der Waals surface area contributed by atoms with Gasteiger partial charge in [-0.05, 0) is 49.2 Å². The largest absolute Gasteiger partial charge is 0.388 e. The van der Waals surface area contributed by atoms with Crippen LogP contribution in [0.2, 0.25) is 0 Å². The topological polar surface area (TPSA) is 89.8 Å². The van der Waals surface area contributed by atoms with Gasteiger partial charge in [0, 0.05) is 17.9 Å². The fourth-order valence-corrected chi connectivity index (χ4v) is 6.61. The monoisotopic (exact) mass is 451 g/mol. The summed E-state index contributed by atoms with van der Waals surface area (Å²) in [6.07, 6.45) is 6.88. The van der Waals surface area contributed by atoms with Crippen LogP contribution in [0.3, 0.4) is 0 Å². The molecule has 2 aliphatic carbocycles. The second-order valence-corrected chi connectivity index (χ2v) is 10.7. The van der Waals surface area contributed by atoms with E-state index in [2.05, 4.69) is 18.8 Å². The average Bonchev–Trinajstić information content (AvgIpc) is 3.04. The standard InChI is InChI=1S/C28H37NO4/c1-17-9-8-12-21-25(31)19(3)18(2)24-22(15-20-10-6-5-7-11-20)29-26(32)28(21,24)23(30)13-14-27(4,33)16-17/h5-8,10-14,17-18,21-25,30-31,33H,3,9,15-16H2,1-2,4H3,(H,29,32)/b12-8+,14-13-/t17-,18+,21-,22-,23+,24-,25+,27-,28+/m0/s1. The summed E-state index contributed by atoms with van der Waals surface area (Å²) in [7, 11) is 0. The van der Waals surface area contributed by atoms with Crippen molar-refractivity contribution in [1.82, 2.24) is 5.32 Å². The predicted octanol–water partition coefficient (Wildman–Crippen LogP) is 3.17. The van der Waals surface area contributed by atoms with Crippen LogP contribution in [0.1, 0.15) is 39.2 Å². The molecule has 3 aliphatic rings. The van der Waals surface area contributed by atoms with Crippen molar-refractivity contribution in [3.63, 3.8) is 0 Å². The highest BCUT2D eigenvalue weighted by atomic mass is 16.3. The van der Waals surface area contributed by atoms with Crippen LogP contribution in [-0.4, -0.2) is 45.1 Å². The Morgan fingerprint density at radius 2 is 1.85 bits per heavy atom. The zero-order valence-corrected chi connectivity index (χ0v) is 19.8. The van der Waals surface area contributed by atoms with Gasteiger partial charge in [0.05, 0.1) is 23.2 Å². The van der Waals surface area contributed by atoms with Crippen LogP contribution in [0.15, 0.2) is 66.8 Å². The van der Waals surface area contributed by atoms with Gasteiger partial charge in [0.1, 0.15) is 0 Å². The zero-order chi connectivity index (χ0) is 24.0. The maximum Gasteiger partial charge on any atom is 0.230 e. The van der Waals surface area contributed by atoms with Crippen LogP contribution < -0.4 is 5.32 Å². The molecule has 1 aliphatic heterocycles. The Balaban J connectivity index is 1.85. The van der Waals surface area contributed by atoms with E-state index >= 15 is 0 Å². The second-order valence-electron chi connectivity index (χ2n) is 10.7. The molecule has 178 valence electrons. The molecule has 0 unspecified atom stereocenters. The summed E-state index contributed by atoms with van der Waals surface area (Å²) in [5.41, 5.74) is -0.544. The molecule has 1 saturated heterocycles. The number of hydrogen-bond acceptors (Lipinski definition) is 4. The van der Waals surface area contributed by atoms with Crippen molar-refractivity contribution in [3.05, 3.63) is 72.4 Å². The maximum absolute atomic E-state index is 13.8. The molecule has 0 bridgehead atoms. The minimum Gasteiger partial charge on any atom is -0.388 e. The van der Waals surface area contributed by atoms with E-state index in [1.54, 1.807) is 19.1 Å². The number of carbonyl (C=O) groups is 1. The number of allylic oxidation sites excluding steroid dienone is 1. The van der Waals surface area contributed by atoms with Gasteiger partial charge in [-0.3, -0.25) is 4.79 Å². The fraction of sp³-hybridized carbons (Fsp3) is 0.536. The molecule has 4 rings (SSSR count). The third-order valence-corrected chi connectivity index (χ3v) is 8.16. The lowest BCUT2D eigenvalue weighted by atomic mass is 9.51. The van der Waals surface area contributed by atoms with E-state index in [1.807, 2.05) is 49.4 Å². The van der Waals surface area contributed by atoms with Crippen LogP contribution in [0.4, 0.5) is 0 Å². The maximum atomic E-state index is 13.8. The quantitative estimate of drug-likeness (QED) is 0.520. The number of nitrogens with one attached hydrogen (secondary N) is 1. The molecule has 9 atom stereocenters. The van der Waals surface area contributed by atoms with E-state index in [0.717, 1.165) is 5.56 Å². The van der Waals surface area contributed by atoms with E-state index in [1.165, 1.54) is 0 Å². The van der Waals surface area contributed by atoms with Crippen LogP contribution >= 0.6 is 0 Å². The molecule has 0 radical (unpaired) electrons. The fourth-order valence-electron chi connectivity index (χ4n) is 6.61. The number of aliphatic hydroxyl groups excluding tert-OH is 2. The second kappa shape index (κ2) is 8.86. The molecular formula is C28H37NO4. The Morgan fingerprint density at radius 1 is 1.15 bits per heavy atom. The minimum atomic E-state index is -1.25. The smallest absolute Gasteiger partial charge is 0.230 e. The van der Waals surface area contributed by atoms with Gasteiger partial charge in [-0.1, -0.05) is 75.1 Å². The Bertz CT molecular complexity index is 952. The summed E-state index contributed by atoms with van der Waals surface area (Å²) in [5, 5.41) is 37.0. The molecule has 1 amide bonds. The molecule has 1 aromatic carbocycles. The predicted molar refractivity (Wildman–Crippen MR) is 129 cm³/mol. The van der Waals surface area contributed by atoms with Crippen LogP contribution in [0.25, 0.3) is 0 Å². The molecule has 5 nitrogen and oxygen atoms in total. The van der Waals surface area contributed by atoms with E-state index < -0.39 is 29.1 Å². The minimum absolute atomic E-state index is 0.176. The van der Waals surface area contributed by atoms with Gasteiger partial charge in [0.2, 0.25) is 5.91 Å². The zero-order valence-electron chi connectivity index (χ0n) is 19.8. The van der Waals surface area contributed by atoms with E-state index in [4.69, 9.17) is 0 Å². The van der Waals surface area contributed by atoms with Gasteiger partial charge in [-0.25, -0.2) is 0 Å². The first-order chi connectivity index (χ1) is 15.6. The number of hydrogen-bond donors (Lipinski definition) is 4. The number of benzene rings is 1. The lowest BCUT2D eigenvalue weighted by Gasteiger charge is -2.51. The Hall–Kier alpha value is -2.21. The first-order valence-electron chi connectivity index (χ1n) is 12.1. The third-order valence-electron chi connectivity index (χ3n) is 8.16. The van der Waals surface area contributed by atoms with Crippen molar-refractivity contribution in [1.29, 1.82) is 0 Å². The van der Waals surface area contributed by atoms with Gasteiger partial charge >= 0.3 is 0 Å². The van der Waals surface area contributed by atoms with Crippen molar-refractivity contribution >= 4 is 5.91 Å². The van der Waals surface area contributed by atoms with E-state index in [0.29, 0.717) is 24.8 Å². The molecule has 4 N–H and O–H groups in total. The molecular weight excluding hydrogens is 414 g/mol. The summed E-state index contributed by atoms with van der Waals surface area (Å²) in [5.74, 6) is -1.09. The Kier molecular flexibility index (Phi) is 6.43. The summed E-state index contributed by atoms with van der Waals surface area (Å²) in [4.78, 5) is 13.8. The van der Waals surface area contributed by atoms with Crippen molar-refractivity contribution in [2.75, 3.05) is 0 Å². The molecule has 5 heteroatoms. The molecule has 1 aromatic rings. The van der Waals surface area contributed by atoms with Crippen molar-refractivity contribution in [2.45, 2.75) is 63.9 Å².